The van der Waals surface area contributed by atoms with Crippen molar-refractivity contribution in [2.45, 2.75) is 213 Å². The molecule has 1 aromatic carbocycles. The summed E-state index contributed by atoms with van der Waals surface area (Å²) in [6, 6.07) is 7.34. The van der Waals surface area contributed by atoms with Crippen LogP contribution in [-0.4, -0.2) is 27.5 Å². The SMILES string of the molecule is CCCCC/C=C/C=C/CCCCCCCCC(=O)Oc1ccc2nc3c(c(CC)c2c1)Cn1c-3cc2c(c1=O)COC(=O)[C@@]2(CC)OC(=O)CCCCCCCC/C=C/C=C/CCCCC. The smallest absolute Gasteiger partial charge is 0.355 e. The summed E-state index contributed by atoms with van der Waals surface area (Å²) in [5, 5.41) is 0.874. The maximum absolute atomic E-state index is 14.3. The summed E-state index contributed by atoms with van der Waals surface area (Å²) >= 11 is 0. The van der Waals surface area contributed by atoms with Crippen molar-refractivity contribution in [1.82, 2.24) is 9.55 Å². The van der Waals surface area contributed by atoms with Gasteiger partial charge in [-0.2, -0.15) is 0 Å². The summed E-state index contributed by atoms with van der Waals surface area (Å²) in [5.41, 5.74) is 2.61. The summed E-state index contributed by atoms with van der Waals surface area (Å²) in [6.07, 6.45) is 43.6. The summed E-state index contributed by atoms with van der Waals surface area (Å²) in [5.74, 6) is -0.892. The van der Waals surface area contributed by atoms with Gasteiger partial charge in [-0.3, -0.25) is 14.4 Å². The number of allylic oxidation sites excluding steroid dienone is 8. The van der Waals surface area contributed by atoms with E-state index in [1.807, 2.05) is 18.2 Å². The standard InChI is InChI=1S/C58H80N2O7/c1-5-9-11-13-15-17-19-21-23-25-27-29-31-33-35-37-53(61)66-45-39-40-51-47(41-45)46(7-3)48-43-60-52(55(48)59-51)42-50-49(56(60)63)44-65-57(64)58(50,8-4)67-54(62)38-36-34-32-30-28-26-24-22-20-18-16-14-12-10-6-2/h15-22,39-42H,5-14,23-38,43-44H2,1-4H3/b17-15+,18-16+,21-19+,22-20+/t58-/m0/s1. The molecule has 4 heterocycles. The lowest BCUT2D eigenvalue weighted by atomic mass is 9.85. The van der Waals surface area contributed by atoms with Gasteiger partial charge in [-0.05, 0) is 107 Å². The van der Waals surface area contributed by atoms with Crippen LogP contribution in [0, 0.1) is 0 Å². The molecule has 2 aliphatic heterocycles. The van der Waals surface area contributed by atoms with Gasteiger partial charge in [0.05, 0.1) is 29.0 Å². The number of carbonyl (C=O) groups excluding carboxylic acids is 3. The van der Waals surface area contributed by atoms with Gasteiger partial charge in [0, 0.05) is 29.4 Å². The van der Waals surface area contributed by atoms with Crippen LogP contribution in [0.25, 0.3) is 22.3 Å². The maximum atomic E-state index is 14.3. The average molecular weight is 917 g/mol. The van der Waals surface area contributed by atoms with E-state index in [9.17, 15) is 19.2 Å². The Balaban J connectivity index is 1.13. The monoisotopic (exact) mass is 917 g/mol. The Bertz CT molecular complexity index is 2250. The highest BCUT2D eigenvalue weighted by molar-refractivity contribution is 5.91. The van der Waals surface area contributed by atoms with E-state index < -0.39 is 17.5 Å². The van der Waals surface area contributed by atoms with Crippen LogP contribution >= 0.6 is 0 Å². The number of fused-ring (bicyclic) bond motifs is 5. The first-order valence-electron chi connectivity index (χ1n) is 26.2. The molecule has 0 bridgehead atoms. The summed E-state index contributed by atoms with van der Waals surface area (Å²) in [6.45, 7) is 8.43. The molecule has 5 rings (SSSR count). The van der Waals surface area contributed by atoms with Crippen molar-refractivity contribution in [2.75, 3.05) is 0 Å². The zero-order valence-corrected chi connectivity index (χ0v) is 41.5. The molecule has 9 heteroatoms. The Morgan fingerprint density at radius 1 is 0.672 bits per heavy atom. The molecule has 2 aliphatic rings. The molecule has 67 heavy (non-hydrogen) atoms. The largest absolute Gasteiger partial charge is 0.457 e. The Morgan fingerprint density at radius 2 is 1.21 bits per heavy atom. The highest BCUT2D eigenvalue weighted by Gasteiger charge is 2.50. The molecule has 0 saturated carbocycles. The number of cyclic esters (lactones) is 1. The Kier molecular flexibility index (Phi) is 22.9. The van der Waals surface area contributed by atoms with E-state index in [4.69, 9.17) is 19.2 Å². The molecular formula is C58H80N2O7. The topological polar surface area (TPSA) is 114 Å². The van der Waals surface area contributed by atoms with Crippen molar-refractivity contribution in [3.63, 3.8) is 0 Å². The summed E-state index contributed by atoms with van der Waals surface area (Å²) < 4.78 is 19.2. The van der Waals surface area contributed by atoms with Crippen molar-refractivity contribution in [3.05, 3.63) is 105 Å². The minimum atomic E-state index is -1.72. The Morgan fingerprint density at radius 3 is 1.76 bits per heavy atom. The molecule has 0 aliphatic carbocycles. The van der Waals surface area contributed by atoms with Gasteiger partial charge in [0.1, 0.15) is 12.4 Å². The van der Waals surface area contributed by atoms with Gasteiger partial charge >= 0.3 is 17.9 Å². The first-order chi connectivity index (χ1) is 32.8. The Labute approximate surface area is 401 Å². The van der Waals surface area contributed by atoms with E-state index in [0.717, 1.165) is 87.1 Å². The molecule has 0 amide bonds. The lowest BCUT2D eigenvalue weighted by Crippen LogP contribution is -2.47. The second-order valence-electron chi connectivity index (χ2n) is 18.5. The number of nitrogens with zero attached hydrogens (tertiary/aromatic N) is 2. The maximum Gasteiger partial charge on any atom is 0.355 e. The molecule has 2 aromatic heterocycles. The molecule has 0 unspecified atom stereocenters. The van der Waals surface area contributed by atoms with Crippen LogP contribution in [0.3, 0.4) is 0 Å². The third-order valence-electron chi connectivity index (χ3n) is 13.3. The van der Waals surface area contributed by atoms with Crippen molar-refractivity contribution in [1.29, 1.82) is 0 Å². The number of aromatic nitrogens is 2. The second-order valence-corrected chi connectivity index (χ2v) is 18.5. The summed E-state index contributed by atoms with van der Waals surface area (Å²) in [7, 11) is 0. The number of esters is 3. The summed E-state index contributed by atoms with van der Waals surface area (Å²) in [4.78, 5) is 59.2. The van der Waals surface area contributed by atoms with E-state index in [1.54, 1.807) is 17.6 Å². The van der Waals surface area contributed by atoms with Crippen molar-refractivity contribution in [2.24, 2.45) is 0 Å². The normalized spacial score (nSPS) is 15.6. The molecule has 3 aromatic rings. The molecule has 0 radical (unpaired) electrons. The zero-order chi connectivity index (χ0) is 47.7. The van der Waals surface area contributed by atoms with Gasteiger partial charge in [0.2, 0.25) is 5.60 Å². The molecular weight excluding hydrogens is 837 g/mol. The van der Waals surface area contributed by atoms with Gasteiger partial charge in [-0.1, -0.05) is 153 Å². The van der Waals surface area contributed by atoms with E-state index in [2.05, 4.69) is 69.4 Å². The number of ether oxygens (including phenoxy) is 3. The predicted octanol–water partition coefficient (Wildman–Crippen LogP) is 14.7. The second kappa shape index (κ2) is 29.0. The number of hydrogen-bond donors (Lipinski definition) is 0. The number of rotatable bonds is 32. The van der Waals surface area contributed by atoms with Crippen molar-refractivity contribution >= 4 is 28.8 Å². The fourth-order valence-corrected chi connectivity index (χ4v) is 9.39. The minimum Gasteiger partial charge on any atom is -0.457 e. The van der Waals surface area contributed by atoms with Crippen LogP contribution in [0.1, 0.15) is 210 Å². The molecule has 0 N–H and O–H groups in total. The van der Waals surface area contributed by atoms with Gasteiger partial charge in [-0.25, -0.2) is 9.78 Å². The van der Waals surface area contributed by atoms with E-state index in [1.165, 1.54) is 64.2 Å². The number of carbonyl (C=O) groups is 3. The lowest BCUT2D eigenvalue weighted by Gasteiger charge is -2.35. The molecule has 0 spiro atoms. The third-order valence-corrected chi connectivity index (χ3v) is 13.3. The van der Waals surface area contributed by atoms with Crippen molar-refractivity contribution in [3.8, 4) is 17.1 Å². The number of pyridine rings is 2. The quantitative estimate of drug-likeness (QED) is 0.0206. The van der Waals surface area contributed by atoms with E-state index >= 15 is 0 Å². The molecule has 1 atom stereocenters. The highest BCUT2D eigenvalue weighted by Crippen LogP contribution is 2.42. The number of aryl methyl sites for hydroxylation is 1. The van der Waals surface area contributed by atoms with E-state index in [-0.39, 0.29) is 31.0 Å². The van der Waals surface area contributed by atoms with Gasteiger partial charge in [-0.15, -0.1) is 0 Å². The molecule has 9 nitrogen and oxygen atoms in total. The van der Waals surface area contributed by atoms with Crippen LogP contribution in [0.15, 0.2) is 77.7 Å². The fourth-order valence-electron chi connectivity index (χ4n) is 9.39. The average Bonchev–Trinajstić information content (AvgIpc) is 3.70. The number of hydrogen-bond acceptors (Lipinski definition) is 8. The highest BCUT2D eigenvalue weighted by atomic mass is 16.6. The zero-order valence-electron chi connectivity index (χ0n) is 41.5. The van der Waals surface area contributed by atoms with Crippen LogP contribution in [0.2, 0.25) is 0 Å². The van der Waals surface area contributed by atoms with Crippen LogP contribution in [0.4, 0.5) is 0 Å². The molecule has 0 fully saturated rings. The number of benzene rings is 1. The van der Waals surface area contributed by atoms with Crippen LogP contribution in [0.5, 0.6) is 5.75 Å². The molecule has 0 saturated heterocycles. The number of unbranched alkanes of at least 4 members (excludes halogenated alkanes) is 18. The lowest BCUT2D eigenvalue weighted by molar-refractivity contribution is -0.189. The Hall–Kier alpha value is -5.05. The first-order valence-corrected chi connectivity index (χ1v) is 26.2. The van der Waals surface area contributed by atoms with Crippen LogP contribution in [-0.2, 0) is 49.0 Å². The molecule has 364 valence electrons. The van der Waals surface area contributed by atoms with Gasteiger partial charge < -0.3 is 18.8 Å². The van der Waals surface area contributed by atoms with Crippen LogP contribution < -0.4 is 10.3 Å². The third kappa shape index (κ3) is 15.5. The predicted molar refractivity (Wildman–Crippen MR) is 272 cm³/mol. The van der Waals surface area contributed by atoms with Gasteiger partial charge in [0.25, 0.3) is 5.56 Å². The van der Waals surface area contributed by atoms with E-state index in [0.29, 0.717) is 59.6 Å². The fraction of sp³-hybridized carbons (Fsp3) is 0.569. The van der Waals surface area contributed by atoms with Crippen molar-refractivity contribution < 1.29 is 28.6 Å². The minimum absolute atomic E-state index is 0.131. The van der Waals surface area contributed by atoms with Gasteiger partial charge in [0.15, 0.2) is 0 Å². The first kappa shape index (κ1) is 52.9.